The summed E-state index contributed by atoms with van der Waals surface area (Å²) < 4.78 is 38.3. The van der Waals surface area contributed by atoms with Crippen molar-refractivity contribution in [3.05, 3.63) is 29.3 Å². The lowest BCUT2D eigenvalue weighted by atomic mass is 10.00. The van der Waals surface area contributed by atoms with E-state index in [1.165, 1.54) is 12.1 Å². The molecule has 3 N–H and O–H groups in total. The van der Waals surface area contributed by atoms with Gasteiger partial charge in [0.1, 0.15) is 0 Å². The maximum atomic E-state index is 12.8. The largest absolute Gasteiger partial charge is 0.416 e. The number of halogens is 3. The topological polar surface area (TPSA) is 55.1 Å². The molecule has 2 rings (SSSR count). The van der Waals surface area contributed by atoms with Crippen LogP contribution in [0, 0.1) is 0 Å². The van der Waals surface area contributed by atoms with Crippen molar-refractivity contribution in [3.8, 4) is 0 Å². The number of amides is 1. The van der Waals surface area contributed by atoms with Crippen LogP contribution in [-0.2, 0) is 17.4 Å². The van der Waals surface area contributed by atoms with E-state index >= 15 is 0 Å². The highest BCUT2D eigenvalue weighted by Gasteiger charge is 2.35. The maximum Gasteiger partial charge on any atom is 0.416 e. The molecule has 1 heterocycles. The molecule has 0 fully saturated rings. The summed E-state index contributed by atoms with van der Waals surface area (Å²) in [4.78, 5) is 11.4. The van der Waals surface area contributed by atoms with Crippen LogP contribution in [0.2, 0.25) is 0 Å². The van der Waals surface area contributed by atoms with Crippen molar-refractivity contribution in [1.82, 2.24) is 0 Å². The highest BCUT2D eigenvalue weighted by atomic mass is 19.4. The van der Waals surface area contributed by atoms with Gasteiger partial charge in [0.15, 0.2) is 0 Å². The Bertz CT molecular complexity index is 457. The van der Waals surface area contributed by atoms with Crippen molar-refractivity contribution >= 4 is 11.6 Å². The zero-order chi connectivity index (χ0) is 12.6. The number of hydrogen-bond acceptors (Lipinski definition) is 2. The predicted molar refractivity (Wildman–Crippen MR) is 56.4 cm³/mol. The van der Waals surface area contributed by atoms with Crippen LogP contribution in [0.25, 0.3) is 0 Å². The summed E-state index contributed by atoms with van der Waals surface area (Å²) in [6.45, 7) is 0. The quantitative estimate of drug-likeness (QED) is 0.732. The van der Waals surface area contributed by atoms with Crippen LogP contribution in [0.1, 0.15) is 17.5 Å². The molecule has 0 aliphatic carbocycles. The van der Waals surface area contributed by atoms with Gasteiger partial charge in [0.25, 0.3) is 0 Å². The third kappa shape index (κ3) is 2.26. The first-order chi connectivity index (χ1) is 7.89. The molecule has 6 heteroatoms. The van der Waals surface area contributed by atoms with Crippen molar-refractivity contribution in [2.24, 2.45) is 5.73 Å². The van der Waals surface area contributed by atoms with Gasteiger partial charge in [-0.2, -0.15) is 13.2 Å². The minimum absolute atomic E-state index is 0.112. The normalized spacial score (nSPS) is 20.5. The molecule has 17 heavy (non-hydrogen) atoms. The first kappa shape index (κ1) is 11.9. The smallest absolute Gasteiger partial charge is 0.324 e. The van der Waals surface area contributed by atoms with Crippen molar-refractivity contribution in [1.29, 1.82) is 0 Å². The number of rotatable bonds is 0. The molecule has 92 valence electrons. The Balaban J connectivity index is 2.49. The van der Waals surface area contributed by atoms with Crippen LogP contribution in [-0.4, -0.2) is 11.9 Å². The molecule has 1 aliphatic rings. The Labute approximate surface area is 95.8 Å². The second-order valence-electron chi connectivity index (χ2n) is 3.96. The van der Waals surface area contributed by atoms with Crippen LogP contribution in [0.5, 0.6) is 0 Å². The lowest BCUT2D eigenvalue weighted by Crippen LogP contribution is -2.34. The van der Waals surface area contributed by atoms with Crippen LogP contribution in [0.4, 0.5) is 18.9 Å². The molecule has 1 aromatic rings. The van der Waals surface area contributed by atoms with Crippen LogP contribution in [0.15, 0.2) is 18.2 Å². The average molecular weight is 244 g/mol. The second kappa shape index (κ2) is 4.03. The minimum atomic E-state index is -4.41. The highest BCUT2D eigenvalue weighted by molar-refractivity contribution is 5.96. The van der Waals surface area contributed by atoms with Gasteiger partial charge < -0.3 is 11.1 Å². The predicted octanol–water partition coefficient (Wildman–Crippen LogP) is 1.92. The van der Waals surface area contributed by atoms with Gasteiger partial charge in [-0.15, -0.1) is 0 Å². The third-order valence-corrected chi connectivity index (χ3v) is 2.78. The summed E-state index contributed by atoms with van der Waals surface area (Å²) in [5, 5.41) is 2.42. The number of nitrogens with two attached hydrogens (primary N) is 1. The molecule has 1 unspecified atom stereocenters. The van der Waals surface area contributed by atoms with E-state index in [2.05, 4.69) is 5.32 Å². The van der Waals surface area contributed by atoms with E-state index in [0.717, 1.165) is 6.07 Å². The molecule has 1 aromatic carbocycles. The van der Waals surface area contributed by atoms with Crippen LogP contribution >= 0.6 is 0 Å². The minimum Gasteiger partial charge on any atom is -0.324 e. The first-order valence-corrected chi connectivity index (χ1v) is 5.15. The van der Waals surface area contributed by atoms with E-state index in [9.17, 15) is 18.0 Å². The molecule has 0 radical (unpaired) electrons. The van der Waals surface area contributed by atoms with Gasteiger partial charge in [0.2, 0.25) is 5.91 Å². The van der Waals surface area contributed by atoms with E-state index < -0.39 is 23.7 Å². The highest BCUT2D eigenvalue weighted by Crippen LogP contribution is 2.36. The lowest BCUT2D eigenvalue weighted by Gasteiger charge is -2.14. The fraction of sp³-hybridized carbons (Fsp3) is 0.364. The molecule has 0 bridgehead atoms. The second-order valence-corrected chi connectivity index (χ2v) is 3.96. The number of benzene rings is 1. The summed E-state index contributed by atoms with van der Waals surface area (Å²) in [5.74, 6) is -0.442. The Kier molecular flexibility index (Phi) is 2.82. The molecule has 0 aromatic heterocycles. The van der Waals surface area contributed by atoms with Gasteiger partial charge in [-0.1, -0.05) is 6.07 Å². The lowest BCUT2D eigenvalue weighted by molar-refractivity contribution is -0.138. The monoisotopic (exact) mass is 244 g/mol. The van der Waals surface area contributed by atoms with E-state index in [-0.39, 0.29) is 24.1 Å². The van der Waals surface area contributed by atoms with Gasteiger partial charge >= 0.3 is 6.18 Å². The molecular formula is C11H11F3N2O. The van der Waals surface area contributed by atoms with E-state index in [0.29, 0.717) is 0 Å². The van der Waals surface area contributed by atoms with E-state index in [4.69, 9.17) is 5.73 Å². The zero-order valence-electron chi connectivity index (χ0n) is 8.84. The molecule has 3 nitrogen and oxygen atoms in total. The zero-order valence-corrected chi connectivity index (χ0v) is 8.84. The van der Waals surface area contributed by atoms with Gasteiger partial charge in [0, 0.05) is 5.69 Å². The Morgan fingerprint density at radius 2 is 2.06 bits per heavy atom. The van der Waals surface area contributed by atoms with Crippen molar-refractivity contribution in [2.75, 3.05) is 5.32 Å². The van der Waals surface area contributed by atoms with Gasteiger partial charge in [0.05, 0.1) is 11.6 Å². The first-order valence-electron chi connectivity index (χ1n) is 5.15. The number of hydrogen-bond donors (Lipinski definition) is 2. The maximum absolute atomic E-state index is 12.8. The number of nitrogens with one attached hydrogen (secondary N) is 1. The van der Waals surface area contributed by atoms with Gasteiger partial charge in [-0.3, -0.25) is 4.79 Å². The fourth-order valence-corrected chi connectivity index (χ4v) is 1.90. The standard InChI is InChI=1S/C11H11F3N2O/c12-11(13,14)7-2-1-3-9-6(7)4-5-8(15)10(17)16-9/h1-3,8H,4-5,15H2,(H,16,17). The number of anilines is 1. The molecule has 1 aliphatic heterocycles. The molecular weight excluding hydrogens is 233 g/mol. The van der Waals surface area contributed by atoms with Crippen LogP contribution < -0.4 is 11.1 Å². The number of fused-ring (bicyclic) bond motifs is 1. The molecule has 1 atom stereocenters. The van der Waals surface area contributed by atoms with Gasteiger partial charge in [-0.05, 0) is 30.5 Å². The summed E-state index contributed by atoms with van der Waals surface area (Å²) in [6, 6.07) is 2.99. The summed E-state index contributed by atoms with van der Waals surface area (Å²) in [7, 11) is 0. The Morgan fingerprint density at radius 3 is 2.71 bits per heavy atom. The van der Waals surface area contributed by atoms with Crippen molar-refractivity contribution < 1.29 is 18.0 Å². The third-order valence-electron chi connectivity index (χ3n) is 2.78. The number of alkyl halides is 3. The van der Waals surface area contributed by atoms with Crippen molar-refractivity contribution in [2.45, 2.75) is 25.1 Å². The Morgan fingerprint density at radius 1 is 1.35 bits per heavy atom. The van der Waals surface area contributed by atoms with E-state index in [1.54, 1.807) is 0 Å². The molecule has 0 spiro atoms. The summed E-state index contributed by atoms with van der Waals surface area (Å²) >= 11 is 0. The summed E-state index contributed by atoms with van der Waals surface area (Å²) in [5.41, 5.74) is 5.14. The average Bonchev–Trinajstić information content (AvgIpc) is 2.37. The molecule has 0 saturated heterocycles. The fourth-order valence-electron chi connectivity index (χ4n) is 1.90. The molecule has 1 amide bonds. The SMILES string of the molecule is NC1CCc2c(cccc2C(F)(F)F)NC1=O. The molecule has 0 saturated carbocycles. The van der Waals surface area contributed by atoms with E-state index in [1.807, 2.05) is 0 Å². The number of carbonyl (C=O) groups is 1. The number of carbonyl (C=O) groups excluding carboxylic acids is 1. The Hall–Kier alpha value is -1.56. The summed E-state index contributed by atoms with van der Waals surface area (Å²) in [6.07, 6.45) is -4.05. The van der Waals surface area contributed by atoms with Crippen LogP contribution in [0.3, 0.4) is 0 Å². The van der Waals surface area contributed by atoms with Gasteiger partial charge in [-0.25, -0.2) is 0 Å². The van der Waals surface area contributed by atoms with Crippen molar-refractivity contribution in [3.63, 3.8) is 0 Å².